The molecule has 0 spiro atoms. The molecule has 1 atom stereocenters. The molecule has 1 fully saturated rings. The van der Waals surface area contributed by atoms with E-state index in [1.165, 1.54) is 0 Å². The molecule has 1 aliphatic heterocycles. The van der Waals surface area contributed by atoms with Crippen molar-refractivity contribution in [1.82, 2.24) is 19.7 Å². The van der Waals surface area contributed by atoms with Crippen LogP contribution in [0.2, 0.25) is 5.02 Å². The maximum atomic E-state index is 11.7. The third-order valence-corrected chi connectivity index (χ3v) is 5.62. The molecule has 6 nitrogen and oxygen atoms in total. The smallest absolute Gasteiger partial charge is 0.343 e. The summed E-state index contributed by atoms with van der Waals surface area (Å²) in [5, 5.41) is 8.19. The van der Waals surface area contributed by atoms with Gasteiger partial charge in [-0.25, -0.2) is 9.89 Å². The maximum absolute atomic E-state index is 11.7. The third-order valence-electron chi connectivity index (χ3n) is 4.14. The predicted octanol–water partition coefficient (Wildman–Crippen LogP) is 2.63. The highest BCUT2D eigenvalue weighted by Crippen LogP contribution is 2.21. The average Bonchev–Trinajstić information content (AvgIpc) is 2.96. The Morgan fingerprint density at radius 1 is 1.44 bits per heavy atom. The number of H-pyrrole nitrogens is 1. The Kier molecular flexibility index (Phi) is 6.58. The van der Waals surface area contributed by atoms with Gasteiger partial charge in [0.1, 0.15) is 0 Å². The van der Waals surface area contributed by atoms with Crippen LogP contribution in [-0.4, -0.2) is 51.2 Å². The Balaban J connectivity index is 1.55. The number of ether oxygens (including phenoxy) is 1. The van der Waals surface area contributed by atoms with Crippen molar-refractivity contribution in [2.24, 2.45) is 0 Å². The lowest BCUT2D eigenvalue weighted by molar-refractivity contribution is -0.0187. The third kappa shape index (κ3) is 4.88. The second-order valence-electron chi connectivity index (χ2n) is 6.09. The quantitative estimate of drug-likeness (QED) is 0.746. The molecule has 0 amide bonds. The van der Waals surface area contributed by atoms with Gasteiger partial charge in [-0.15, -0.1) is 5.10 Å². The SMILES string of the molecule is CCCn1c(SC[C@H]2CN(Cc3ccccc3Cl)CCO2)n[nH]c1=O. The van der Waals surface area contributed by atoms with Gasteiger partial charge in [-0.3, -0.25) is 9.47 Å². The van der Waals surface area contributed by atoms with Gasteiger partial charge in [0.2, 0.25) is 0 Å². The zero-order valence-electron chi connectivity index (χ0n) is 14.3. The summed E-state index contributed by atoms with van der Waals surface area (Å²) in [5.74, 6) is 0.771. The minimum absolute atomic E-state index is 0.114. The van der Waals surface area contributed by atoms with Crippen LogP contribution < -0.4 is 5.69 Å². The molecular formula is C17H23ClN4O2S. The normalized spacial score (nSPS) is 18.6. The molecule has 2 heterocycles. The Morgan fingerprint density at radius 2 is 2.28 bits per heavy atom. The van der Waals surface area contributed by atoms with Crippen LogP contribution in [0.15, 0.2) is 34.2 Å². The fraction of sp³-hybridized carbons (Fsp3) is 0.529. The number of nitrogens with zero attached hydrogens (tertiary/aromatic N) is 3. The molecule has 25 heavy (non-hydrogen) atoms. The molecule has 1 aliphatic rings. The first-order valence-corrected chi connectivity index (χ1v) is 9.89. The first-order chi connectivity index (χ1) is 12.2. The molecule has 2 aromatic rings. The van der Waals surface area contributed by atoms with E-state index in [9.17, 15) is 4.79 Å². The second kappa shape index (κ2) is 8.89. The molecule has 3 rings (SSSR count). The highest BCUT2D eigenvalue weighted by molar-refractivity contribution is 7.99. The van der Waals surface area contributed by atoms with Gasteiger partial charge in [0, 0.05) is 37.0 Å². The van der Waals surface area contributed by atoms with Gasteiger partial charge in [-0.1, -0.05) is 48.5 Å². The number of nitrogens with one attached hydrogen (secondary N) is 1. The van der Waals surface area contributed by atoms with Gasteiger partial charge in [0.05, 0.1) is 12.7 Å². The fourth-order valence-electron chi connectivity index (χ4n) is 2.89. The average molecular weight is 383 g/mol. The van der Waals surface area contributed by atoms with E-state index in [2.05, 4.69) is 21.2 Å². The molecule has 1 aromatic carbocycles. The fourth-order valence-corrected chi connectivity index (χ4v) is 4.07. The molecule has 136 valence electrons. The number of aromatic nitrogens is 3. The summed E-state index contributed by atoms with van der Waals surface area (Å²) in [7, 11) is 0. The Labute approximate surface area is 156 Å². The molecule has 0 radical (unpaired) electrons. The van der Waals surface area contributed by atoms with E-state index in [1.807, 2.05) is 25.1 Å². The lowest BCUT2D eigenvalue weighted by Crippen LogP contribution is -2.43. The highest BCUT2D eigenvalue weighted by atomic mass is 35.5. The molecule has 8 heteroatoms. The standard InChI is InChI=1S/C17H23ClN4O2S/c1-2-7-22-16(23)19-20-17(22)25-12-14-11-21(8-9-24-14)10-13-5-3-4-6-15(13)18/h3-6,14H,2,7-12H2,1H3,(H,19,23)/t14-/m1/s1. The van der Waals surface area contributed by atoms with E-state index in [1.54, 1.807) is 16.3 Å². The van der Waals surface area contributed by atoms with Crippen molar-refractivity contribution < 1.29 is 4.74 Å². The molecule has 1 saturated heterocycles. The highest BCUT2D eigenvalue weighted by Gasteiger charge is 2.22. The number of benzene rings is 1. The second-order valence-corrected chi connectivity index (χ2v) is 7.49. The van der Waals surface area contributed by atoms with Crippen molar-refractivity contribution in [3.05, 3.63) is 45.3 Å². The summed E-state index contributed by atoms with van der Waals surface area (Å²) in [6, 6.07) is 7.95. The van der Waals surface area contributed by atoms with Crippen molar-refractivity contribution in [1.29, 1.82) is 0 Å². The number of thioether (sulfide) groups is 1. The number of morpholine rings is 1. The number of hydrogen-bond acceptors (Lipinski definition) is 5. The monoisotopic (exact) mass is 382 g/mol. The maximum Gasteiger partial charge on any atom is 0.343 e. The van der Waals surface area contributed by atoms with E-state index in [0.717, 1.165) is 47.6 Å². The van der Waals surface area contributed by atoms with E-state index in [-0.39, 0.29) is 11.8 Å². The number of aromatic amines is 1. The van der Waals surface area contributed by atoms with Crippen molar-refractivity contribution in [3.8, 4) is 0 Å². The molecule has 0 unspecified atom stereocenters. The van der Waals surface area contributed by atoms with Gasteiger partial charge in [0.25, 0.3) is 0 Å². The summed E-state index contributed by atoms with van der Waals surface area (Å²) in [6.07, 6.45) is 1.02. The Bertz CT molecular complexity index is 748. The Hall–Kier alpha value is -1.28. The molecule has 0 aliphatic carbocycles. The van der Waals surface area contributed by atoms with Gasteiger partial charge >= 0.3 is 5.69 Å². The van der Waals surface area contributed by atoms with Gasteiger partial charge < -0.3 is 4.74 Å². The zero-order chi connectivity index (χ0) is 17.6. The van der Waals surface area contributed by atoms with Crippen molar-refractivity contribution in [2.75, 3.05) is 25.4 Å². The largest absolute Gasteiger partial charge is 0.375 e. The van der Waals surface area contributed by atoms with Gasteiger partial charge in [0.15, 0.2) is 5.16 Å². The first-order valence-electron chi connectivity index (χ1n) is 8.52. The Morgan fingerprint density at radius 3 is 3.08 bits per heavy atom. The van der Waals surface area contributed by atoms with Crippen molar-refractivity contribution in [3.63, 3.8) is 0 Å². The van der Waals surface area contributed by atoms with Crippen molar-refractivity contribution >= 4 is 23.4 Å². The van der Waals surface area contributed by atoms with Crippen LogP contribution in [0.5, 0.6) is 0 Å². The van der Waals surface area contributed by atoms with Crippen LogP contribution in [0.4, 0.5) is 0 Å². The summed E-state index contributed by atoms with van der Waals surface area (Å²) in [6.45, 7) is 6.01. The molecule has 1 aromatic heterocycles. The number of halogens is 1. The lowest BCUT2D eigenvalue weighted by atomic mass is 10.2. The van der Waals surface area contributed by atoms with Crippen LogP contribution in [0.3, 0.4) is 0 Å². The predicted molar refractivity (Wildman–Crippen MR) is 100 cm³/mol. The van der Waals surface area contributed by atoms with E-state index in [0.29, 0.717) is 13.2 Å². The van der Waals surface area contributed by atoms with E-state index in [4.69, 9.17) is 16.3 Å². The number of hydrogen-bond donors (Lipinski definition) is 1. The first kappa shape index (κ1) is 18.5. The zero-order valence-corrected chi connectivity index (χ0v) is 15.9. The molecular weight excluding hydrogens is 360 g/mol. The summed E-state index contributed by atoms with van der Waals surface area (Å²) >= 11 is 7.83. The molecule has 1 N–H and O–H groups in total. The van der Waals surface area contributed by atoms with E-state index < -0.39 is 0 Å². The topological polar surface area (TPSA) is 63.1 Å². The lowest BCUT2D eigenvalue weighted by Gasteiger charge is -2.32. The minimum Gasteiger partial charge on any atom is -0.375 e. The summed E-state index contributed by atoms with van der Waals surface area (Å²) in [4.78, 5) is 14.1. The van der Waals surface area contributed by atoms with Gasteiger partial charge in [-0.05, 0) is 18.1 Å². The van der Waals surface area contributed by atoms with Crippen LogP contribution >= 0.6 is 23.4 Å². The van der Waals surface area contributed by atoms with Gasteiger partial charge in [-0.2, -0.15) is 0 Å². The van der Waals surface area contributed by atoms with Crippen LogP contribution in [0.1, 0.15) is 18.9 Å². The number of rotatable bonds is 7. The molecule has 0 saturated carbocycles. The summed E-state index contributed by atoms with van der Waals surface area (Å²) in [5.41, 5.74) is 0.996. The van der Waals surface area contributed by atoms with Crippen molar-refractivity contribution in [2.45, 2.75) is 37.7 Å². The summed E-state index contributed by atoms with van der Waals surface area (Å²) < 4.78 is 7.57. The van der Waals surface area contributed by atoms with Crippen LogP contribution in [0.25, 0.3) is 0 Å². The van der Waals surface area contributed by atoms with Crippen LogP contribution in [0, 0.1) is 0 Å². The van der Waals surface area contributed by atoms with Crippen LogP contribution in [-0.2, 0) is 17.8 Å². The van der Waals surface area contributed by atoms with E-state index >= 15 is 0 Å². The minimum atomic E-state index is -0.144. The molecule has 0 bridgehead atoms.